The van der Waals surface area contributed by atoms with E-state index in [9.17, 15) is 19.7 Å². The Bertz CT molecular complexity index is 974. The lowest BCUT2D eigenvalue weighted by molar-refractivity contribution is -0.384. The fourth-order valence-electron chi connectivity index (χ4n) is 2.97. The largest absolute Gasteiger partial charge is 0.372 e. The van der Waals surface area contributed by atoms with Crippen LogP contribution < -0.4 is 10.2 Å². The first-order chi connectivity index (χ1) is 13.2. The van der Waals surface area contributed by atoms with Crippen molar-refractivity contribution < 1.29 is 14.5 Å². The fourth-order valence-corrected chi connectivity index (χ4v) is 2.97. The van der Waals surface area contributed by atoms with Gasteiger partial charge in [0.25, 0.3) is 11.6 Å². The molecule has 9 nitrogen and oxygen atoms in total. The Morgan fingerprint density at radius 3 is 2.46 bits per heavy atom. The van der Waals surface area contributed by atoms with Gasteiger partial charge in [-0.15, -0.1) is 5.01 Å². The molecule has 0 saturated carbocycles. The third kappa shape index (κ3) is 3.29. The van der Waals surface area contributed by atoms with Gasteiger partial charge in [-0.05, 0) is 18.6 Å². The van der Waals surface area contributed by atoms with Crippen LogP contribution in [0.5, 0.6) is 0 Å². The van der Waals surface area contributed by atoms with E-state index < -0.39 is 22.4 Å². The molecular weight excluding hydrogens is 362 g/mol. The molecule has 28 heavy (non-hydrogen) atoms. The van der Waals surface area contributed by atoms with E-state index in [0.29, 0.717) is 16.8 Å². The summed E-state index contributed by atoms with van der Waals surface area (Å²) >= 11 is 0. The summed E-state index contributed by atoms with van der Waals surface area (Å²) in [4.78, 5) is 37.5. The van der Waals surface area contributed by atoms with Crippen molar-refractivity contribution in [3.63, 3.8) is 0 Å². The number of benzene rings is 2. The van der Waals surface area contributed by atoms with E-state index in [1.54, 1.807) is 62.3 Å². The van der Waals surface area contributed by atoms with E-state index in [-0.39, 0.29) is 5.69 Å². The highest BCUT2D eigenvalue weighted by Gasteiger charge is 2.49. The Labute approximate surface area is 161 Å². The second kappa shape index (κ2) is 7.10. The van der Waals surface area contributed by atoms with Crippen molar-refractivity contribution in [1.82, 2.24) is 10.3 Å². The standard InChI is InChI=1S/C19H19N5O4/c1-19(14-7-5-4-6-8-14)17(25)23(18(26)21-19)20-12-13-9-10-15(22(2)3)16(11-13)24(27)28/h4-12H,1-3H3,(H,21,26)/b20-12-/t19-/m1/s1. The number of hydrazone groups is 1. The van der Waals surface area contributed by atoms with Crippen molar-refractivity contribution >= 4 is 29.5 Å². The summed E-state index contributed by atoms with van der Waals surface area (Å²) < 4.78 is 0. The number of hydrogen-bond acceptors (Lipinski definition) is 6. The van der Waals surface area contributed by atoms with E-state index in [1.807, 2.05) is 6.07 Å². The highest BCUT2D eigenvalue weighted by atomic mass is 16.6. The van der Waals surface area contributed by atoms with Crippen LogP contribution in [0.25, 0.3) is 0 Å². The lowest BCUT2D eigenvalue weighted by atomic mass is 9.92. The van der Waals surface area contributed by atoms with Crippen LogP contribution in [0.4, 0.5) is 16.2 Å². The third-order valence-corrected chi connectivity index (χ3v) is 4.52. The molecule has 0 spiro atoms. The maximum atomic E-state index is 12.8. The monoisotopic (exact) mass is 381 g/mol. The predicted molar refractivity (Wildman–Crippen MR) is 104 cm³/mol. The molecule has 144 valence electrons. The summed E-state index contributed by atoms with van der Waals surface area (Å²) in [6.07, 6.45) is 1.25. The second-order valence-corrected chi connectivity index (χ2v) is 6.68. The summed E-state index contributed by atoms with van der Waals surface area (Å²) in [6, 6.07) is 12.7. The van der Waals surface area contributed by atoms with E-state index in [2.05, 4.69) is 10.4 Å². The highest BCUT2D eigenvalue weighted by molar-refractivity contribution is 6.07. The van der Waals surface area contributed by atoms with Crippen molar-refractivity contribution in [2.75, 3.05) is 19.0 Å². The molecule has 0 unspecified atom stereocenters. The maximum absolute atomic E-state index is 12.8. The molecule has 1 saturated heterocycles. The molecule has 1 atom stereocenters. The van der Waals surface area contributed by atoms with Gasteiger partial charge < -0.3 is 10.2 Å². The molecule has 2 aromatic carbocycles. The van der Waals surface area contributed by atoms with E-state index >= 15 is 0 Å². The smallest absolute Gasteiger partial charge is 0.346 e. The molecule has 0 bridgehead atoms. The van der Waals surface area contributed by atoms with Crippen molar-refractivity contribution in [1.29, 1.82) is 0 Å². The van der Waals surface area contributed by atoms with Crippen LogP contribution in [0.15, 0.2) is 53.6 Å². The van der Waals surface area contributed by atoms with Crippen molar-refractivity contribution in [3.8, 4) is 0 Å². The lowest BCUT2D eigenvalue weighted by Crippen LogP contribution is -2.40. The lowest BCUT2D eigenvalue weighted by Gasteiger charge is -2.20. The highest BCUT2D eigenvalue weighted by Crippen LogP contribution is 2.29. The first-order valence-corrected chi connectivity index (χ1v) is 8.46. The average molecular weight is 381 g/mol. The van der Waals surface area contributed by atoms with Crippen LogP contribution in [0.3, 0.4) is 0 Å². The number of urea groups is 1. The molecular formula is C19H19N5O4. The van der Waals surface area contributed by atoms with Gasteiger partial charge in [0.2, 0.25) is 0 Å². The Balaban J connectivity index is 1.89. The number of nitro groups is 1. The van der Waals surface area contributed by atoms with Gasteiger partial charge in [0.1, 0.15) is 11.2 Å². The number of imide groups is 1. The number of anilines is 1. The van der Waals surface area contributed by atoms with Gasteiger partial charge in [0.05, 0.1) is 11.1 Å². The zero-order valence-electron chi connectivity index (χ0n) is 15.6. The summed E-state index contributed by atoms with van der Waals surface area (Å²) in [7, 11) is 3.40. The number of nitrogens with zero attached hydrogens (tertiary/aromatic N) is 4. The zero-order chi connectivity index (χ0) is 20.5. The molecule has 3 amide bonds. The number of rotatable bonds is 5. The van der Waals surface area contributed by atoms with E-state index in [0.717, 1.165) is 5.01 Å². The third-order valence-electron chi connectivity index (χ3n) is 4.52. The Kier molecular flexibility index (Phi) is 4.83. The number of amides is 3. The van der Waals surface area contributed by atoms with Crippen LogP contribution in [-0.4, -0.2) is 42.2 Å². The second-order valence-electron chi connectivity index (χ2n) is 6.68. The molecule has 2 aromatic rings. The minimum absolute atomic E-state index is 0.0970. The Morgan fingerprint density at radius 2 is 1.86 bits per heavy atom. The van der Waals surface area contributed by atoms with Gasteiger partial charge >= 0.3 is 6.03 Å². The summed E-state index contributed by atoms with van der Waals surface area (Å²) in [5.41, 5.74) is 0.147. The summed E-state index contributed by atoms with van der Waals surface area (Å²) in [6.45, 7) is 1.61. The fraction of sp³-hybridized carbons (Fsp3) is 0.211. The van der Waals surface area contributed by atoms with Gasteiger partial charge in [-0.3, -0.25) is 14.9 Å². The number of carbonyl (C=O) groups excluding carboxylic acids is 2. The SMILES string of the molecule is CN(C)c1ccc(/C=N\N2C(=O)N[C@](C)(c3ccccc3)C2=O)cc1[N+](=O)[O-]. The predicted octanol–water partition coefficient (Wildman–Crippen LogP) is 2.46. The van der Waals surface area contributed by atoms with Crippen molar-refractivity contribution in [3.05, 3.63) is 69.8 Å². The normalized spacial score (nSPS) is 19.2. The van der Waals surface area contributed by atoms with E-state index in [4.69, 9.17) is 0 Å². The van der Waals surface area contributed by atoms with Crippen molar-refractivity contribution in [2.45, 2.75) is 12.5 Å². The molecule has 1 heterocycles. The molecule has 1 fully saturated rings. The van der Waals surface area contributed by atoms with Gasteiger partial charge in [0.15, 0.2) is 0 Å². The number of hydrogen-bond donors (Lipinski definition) is 1. The molecule has 1 aliphatic heterocycles. The summed E-state index contributed by atoms with van der Waals surface area (Å²) in [5.74, 6) is -0.528. The van der Waals surface area contributed by atoms with Crippen LogP contribution in [0.1, 0.15) is 18.1 Å². The van der Waals surface area contributed by atoms with Crippen molar-refractivity contribution in [2.24, 2.45) is 5.10 Å². The quantitative estimate of drug-likeness (QED) is 0.370. The Morgan fingerprint density at radius 1 is 1.18 bits per heavy atom. The van der Waals surface area contributed by atoms with E-state index in [1.165, 1.54) is 12.3 Å². The Hall–Kier alpha value is -3.75. The van der Waals surface area contributed by atoms with Gasteiger partial charge in [-0.1, -0.05) is 36.4 Å². The van der Waals surface area contributed by atoms with Crippen LogP contribution in [0, 0.1) is 10.1 Å². The van der Waals surface area contributed by atoms with Gasteiger partial charge in [-0.2, -0.15) is 5.10 Å². The maximum Gasteiger partial charge on any atom is 0.346 e. The molecule has 0 radical (unpaired) electrons. The summed E-state index contributed by atoms with van der Waals surface area (Å²) in [5, 5.41) is 18.6. The minimum atomic E-state index is -1.23. The van der Waals surface area contributed by atoms with Crippen LogP contribution in [-0.2, 0) is 10.3 Å². The molecule has 3 rings (SSSR count). The molecule has 1 N–H and O–H groups in total. The van der Waals surface area contributed by atoms with Gasteiger partial charge in [0, 0.05) is 25.7 Å². The van der Waals surface area contributed by atoms with Crippen LogP contribution in [0.2, 0.25) is 0 Å². The van der Waals surface area contributed by atoms with Crippen LogP contribution >= 0.6 is 0 Å². The molecule has 0 aliphatic carbocycles. The number of nitrogens with one attached hydrogen (secondary N) is 1. The zero-order valence-corrected chi connectivity index (χ0v) is 15.6. The molecule has 9 heteroatoms. The molecule has 1 aliphatic rings. The topological polar surface area (TPSA) is 108 Å². The average Bonchev–Trinajstić information content (AvgIpc) is 2.90. The number of nitro benzene ring substituents is 1. The molecule has 0 aromatic heterocycles. The first kappa shape index (κ1) is 19.0. The van der Waals surface area contributed by atoms with Gasteiger partial charge in [-0.25, -0.2) is 4.79 Å². The minimum Gasteiger partial charge on any atom is -0.372 e. The number of carbonyl (C=O) groups is 2. The first-order valence-electron chi connectivity index (χ1n) is 8.46.